The van der Waals surface area contributed by atoms with Crippen molar-refractivity contribution in [1.29, 1.82) is 0 Å². The van der Waals surface area contributed by atoms with Crippen molar-refractivity contribution in [2.75, 3.05) is 19.8 Å². The van der Waals surface area contributed by atoms with Crippen LogP contribution in [0.3, 0.4) is 0 Å². The lowest BCUT2D eigenvalue weighted by Crippen LogP contribution is -2.18. The van der Waals surface area contributed by atoms with E-state index in [2.05, 4.69) is 23.8 Å². The lowest BCUT2D eigenvalue weighted by atomic mass is 10.1. The van der Waals surface area contributed by atoms with Crippen molar-refractivity contribution in [3.8, 4) is 22.9 Å². The summed E-state index contributed by atoms with van der Waals surface area (Å²) in [5.74, 6) is 0.899. The number of benzene rings is 1. The van der Waals surface area contributed by atoms with Crippen molar-refractivity contribution in [2.45, 2.75) is 97.5 Å². The molecule has 0 bridgehead atoms. The third-order valence-corrected chi connectivity index (χ3v) is 5.71. The van der Waals surface area contributed by atoms with Gasteiger partial charge in [0.15, 0.2) is 23.1 Å². The second-order valence-corrected chi connectivity index (χ2v) is 8.91. The Morgan fingerprint density at radius 3 is 2.09 bits per heavy atom. The summed E-state index contributed by atoms with van der Waals surface area (Å²) in [6.45, 7) is 8.06. The molecule has 0 N–H and O–H groups in total. The molecule has 6 heteroatoms. The van der Waals surface area contributed by atoms with Crippen LogP contribution in [0.25, 0.3) is 11.4 Å². The van der Waals surface area contributed by atoms with Crippen LogP contribution in [-0.4, -0.2) is 35.9 Å². The Morgan fingerprint density at radius 2 is 1.44 bits per heavy atom. The molecule has 2 aromatic rings. The van der Waals surface area contributed by atoms with Crippen LogP contribution in [0, 0.1) is 5.82 Å². The summed E-state index contributed by atoms with van der Waals surface area (Å²) >= 11 is 0. The Labute approximate surface area is 205 Å². The molecule has 1 unspecified atom stereocenters. The van der Waals surface area contributed by atoms with Gasteiger partial charge in [-0.2, -0.15) is 0 Å². The number of aromatic nitrogens is 2. The standard InChI is InChI=1S/C28H43FN2O3/c1-4-6-8-9-10-11-12-13-14-18-33-27-16-15-24(19-26(27)29)28-30-20-25(21-31-28)34-22-23(3)32-17-7-5-2/h15-16,19-21,23H,4-14,17-18,22H2,1-3H3. The lowest BCUT2D eigenvalue weighted by Gasteiger charge is -2.14. The fraction of sp³-hybridized carbons (Fsp3) is 0.643. The molecular weight excluding hydrogens is 431 g/mol. The summed E-state index contributed by atoms with van der Waals surface area (Å²) in [7, 11) is 0. The normalized spacial score (nSPS) is 12.0. The summed E-state index contributed by atoms with van der Waals surface area (Å²) in [6.07, 6.45) is 16.6. The van der Waals surface area contributed by atoms with Gasteiger partial charge in [-0.1, -0.05) is 71.6 Å². The third-order valence-electron chi connectivity index (χ3n) is 5.71. The molecular formula is C28H43FN2O3. The van der Waals surface area contributed by atoms with E-state index in [1.165, 1.54) is 51.0 Å². The van der Waals surface area contributed by atoms with Gasteiger partial charge in [0.25, 0.3) is 0 Å². The monoisotopic (exact) mass is 474 g/mol. The van der Waals surface area contributed by atoms with Crippen molar-refractivity contribution >= 4 is 0 Å². The van der Waals surface area contributed by atoms with Gasteiger partial charge >= 0.3 is 0 Å². The van der Waals surface area contributed by atoms with E-state index in [0.29, 0.717) is 30.4 Å². The molecule has 0 aliphatic heterocycles. The molecule has 1 aromatic carbocycles. The van der Waals surface area contributed by atoms with E-state index < -0.39 is 5.82 Å². The van der Waals surface area contributed by atoms with E-state index in [-0.39, 0.29) is 11.9 Å². The van der Waals surface area contributed by atoms with E-state index in [9.17, 15) is 4.39 Å². The SMILES string of the molecule is CCCCCCCCCCCOc1ccc(-c2ncc(OCC(C)OCCCC)cn2)cc1F. The third kappa shape index (κ3) is 11.3. The average molecular weight is 475 g/mol. The quantitative estimate of drug-likeness (QED) is 0.195. The average Bonchev–Trinajstić information content (AvgIpc) is 2.85. The zero-order chi connectivity index (χ0) is 24.4. The van der Waals surface area contributed by atoms with Crippen molar-refractivity contribution in [2.24, 2.45) is 0 Å². The van der Waals surface area contributed by atoms with E-state index in [0.717, 1.165) is 32.3 Å². The summed E-state index contributed by atoms with van der Waals surface area (Å²) in [5.41, 5.74) is 0.607. The fourth-order valence-electron chi connectivity index (χ4n) is 3.58. The van der Waals surface area contributed by atoms with Gasteiger partial charge < -0.3 is 14.2 Å². The van der Waals surface area contributed by atoms with Gasteiger partial charge in [-0.3, -0.25) is 0 Å². The van der Waals surface area contributed by atoms with Crippen LogP contribution in [-0.2, 0) is 4.74 Å². The van der Waals surface area contributed by atoms with Crippen LogP contribution in [0.4, 0.5) is 4.39 Å². The zero-order valence-corrected chi connectivity index (χ0v) is 21.4. The highest BCUT2D eigenvalue weighted by atomic mass is 19.1. The maximum atomic E-state index is 14.5. The topological polar surface area (TPSA) is 53.5 Å². The lowest BCUT2D eigenvalue weighted by molar-refractivity contribution is 0.0307. The number of ether oxygens (including phenoxy) is 3. The summed E-state index contributed by atoms with van der Waals surface area (Å²) in [4.78, 5) is 8.63. The van der Waals surface area contributed by atoms with Crippen LogP contribution < -0.4 is 9.47 Å². The molecule has 0 spiro atoms. The molecule has 1 aromatic heterocycles. The predicted molar refractivity (Wildman–Crippen MR) is 136 cm³/mol. The molecule has 0 amide bonds. The summed E-state index contributed by atoms with van der Waals surface area (Å²) < 4.78 is 31.5. The molecule has 0 aliphatic rings. The smallest absolute Gasteiger partial charge is 0.165 e. The number of rotatable bonds is 19. The molecule has 0 aliphatic carbocycles. The first-order valence-electron chi connectivity index (χ1n) is 13.1. The highest BCUT2D eigenvalue weighted by Crippen LogP contribution is 2.24. The van der Waals surface area contributed by atoms with Crippen molar-refractivity contribution in [1.82, 2.24) is 9.97 Å². The Bertz CT molecular complexity index is 786. The van der Waals surface area contributed by atoms with Crippen LogP contribution in [0.1, 0.15) is 91.4 Å². The van der Waals surface area contributed by atoms with E-state index in [1.807, 2.05) is 6.92 Å². The second kappa shape index (κ2) is 17.3. The first-order chi connectivity index (χ1) is 16.6. The van der Waals surface area contributed by atoms with Crippen LogP contribution in [0.5, 0.6) is 11.5 Å². The van der Waals surface area contributed by atoms with Gasteiger partial charge in [0.2, 0.25) is 0 Å². The fourth-order valence-corrected chi connectivity index (χ4v) is 3.58. The Hall–Kier alpha value is -2.21. The van der Waals surface area contributed by atoms with Gasteiger partial charge in [-0.05, 0) is 38.0 Å². The number of hydrogen-bond acceptors (Lipinski definition) is 5. The van der Waals surface area contributed by atoms with Crippen LogP contribution >= 0.6 is 0 Å². The van der Waals surface area contributed by atoms with Gasteiger partial charge in [0.05, 0.1) is 25.1 Å². The van der Waals surface area contributed by atoms with Gasteiger partial charge in [-0.15, -0.1) is 0 Å². The summed E-state index contributed by atoms with van der Waals surface area (Å²) in [5, 5.41) is 0. The minimum Gasteiger partial charge on any atom is -0.491 e. The maximum Gasteiger partial charge on any atom is 0.165 e. The molecule has 2 rings (SSSR count). The molecule has 0 fully saturated rings. The molecule has 34 heavy (non-hydrogen) atoms. The van der Waals surface area contributed by atoms with E-state index >= 15 is 0 Å². The molecule has 1 heterocycles. The van der Waals surface area contributed by atoms with Crippen molar-refractivity contribution in [3.05, 3.63) is 36.4 Å². The minimum absolute atomic E-state index is 0.00316. The molecule has 1 atom stereocenters. The number of hydrogen-bond donors (Lipinski definition) is 0. The van der Waals surface area contributed by atoms with Gasteiger partial charge in [0.1, 0.15) is 6.61 Å². The maximum absolute atomic E-state index is 14.5. The Morgan fingerprint density at radius 1 is 0.794 bits per heavy atom. The molecule has 5 nitrogen and oxygen atoms in total. The van der Waals surface area contributed by atoms with Crippen molar-refractivity contribution in [3.63, 3.8) is 0 Å². The number of unbranched alkanes of at least 4 members (excludes halogenated alkanes) is 9. The Balaban J connectivity index is 1.69. The van der Waals surface area contributed by atoms with E-state index in [1.54, 1.807) is 24.5 Å². The molecule has 190 valence electrons. The second-order valence-electron chi connectivity index (χ2n) is 8.91. The first-order valence-corrected chi connectivity index (χ1v) is 13.1. The highest BCUT2D eigenvalue weighted by molar-refractivity contribution is 5.56. The number of nitrogens with zero attached hydrogens (tertiary/aromatic N) is 2. The van der Waals surface area contributed by atoms with Gasteiger partial charge in [0, 0.05) is 12.2 Å². The molecule has 0 saturated heterocycles. The Kier molecular flexibility index (Phi) is 14.2. The van der Waals surface area contributed by atoms with Crippen LogP contribution in [0.15, 0.2) is 30.6 Å². The molecule has 0 saturated carbocycles. The van der Waals surface area contributed by atoms with E-state index in [4.69, 9.17) is 14.2 Å². The predicted octanol–water partition coefficient (Wildman–Crippen LogP) is 7.78. The highest BCUT2D eigenvalue weighted by Gasteiger charge is 2.09. The van der Waals surface area contributed by atoms with Gasteiger partial charge in [-0.25, -0.2) is 14.4 Å². The van der Waals surface area contributed by atoms with Crippen LogP contribution in [0.2, 0.25) is 0 Å². The number of halogens is 1. The largest absolute Gasteiger partial charge is 0.491 e. The summed E-state index contributed by atoms with van der Waals surface area (Å²) in [6, 6.07) is 4.86. The zero-order valence-electron chi connectivity index (χ0n) is 21.4. The molecule has 0 radical (unpaired) electrons. The minimum atomic E-state index is -0.393. The van der Waals surface area contributed by atoms with Crippen molar-refractivity contribution < 1.29 is 18.6 Å². The first kappa shape index (κ1) is 28.0.